The van der Waals surface area contributed by atoms with Crippen LogP contribution in [0.5, 0.6) is 0 Å². The Hall–Kier alpha value is -3.46. The molecule has 0 radical (unpaired) electrons. The van der Waals surface area contributed by atoms with Gasteiger partial charge in [-0.2, -0.15) is 0 Å². The second kappa shape index (κ2) is 8.50. The van der Waals surface area contributed by atoms with Gasteiger partial charge in [0.1, 0.15) is 10.9 Å². The fraction of sp³-hybridized carbons (Fsp3) is 0.190. The number of rotatable bonds is 6. The van der Waals surface area contributed by atoms with E-state index in [0.717, 1.165) is 23.3 Å². The Bertz CT molecular complexity index is 1240. The van der Waals surface area contributed by atoms with Gasteiger partial charge >= 0.3 is 5.97 Å². The Morgan fingerprint density at radius 1 is 1.10 bits per heavy atom. The summed E-state index contributed by atoms with van der Waals surface area (Å²) in [5.41, 5.74) is 3.42. The van der Waals surface area contributed by atoms with Crippen molar-refractivity contribution in [3.63, 3.8) is 0 Å². The van der Waals surface area contributed by atoms with Crippen molar-refractivity contribution in [2.24, 2.45) is 0 Å². The number of fused-ring (bicyclic) bond motifs is 3. The van der Waals surface area contributed by atoms with Crippen LogP contribution >= 0.6 is 11.8 Å². The van der Waals surface area contributed by atoms with Crippen LogP contribution in [0, 0.1) is 0 Å². The highest BCUT2D eigenvalue weighted by atomic mass is 32.2. The van der Waals surface area contributed by atoms with Gasteiger partial charge in [0, 0.05) is 12.1 Å². The summed E-state index contributed by atoms with van der Waals surface area (Å²) in [7, 11) is 1.33. The highest BCUT2D eigenvalue weighted by Gasteiger charge is 2.16. The summed E-state index contributed by atoms with van der Waals surface area (Å²) in [6, 6.07) is 14.3. The predicted octanol–water partition coefficient (Wildman–Crippen LogP) is 3.36. The van der Waals surface area contributed by atoms with Crippen molar-refractivity contribution in [3.05, 3.63) is 59.9 Å². The Labute approximate surface area is 176 Å². The molecule has 0 saturated carbocycles. The first-order valence-electron chi connectivity index (χ1n) is 9.34. The summed E-state index contributed by atoms with van der Waals surface area (Å²) >= 11 is 1.31. The van der Waals surface area contributed by atoms with Crippen LogP contribution < -0.4 is 5.32 Å². The maximum absolute atomic E-state index is 12.4. The molecule has 0 spiro atoms. The standard InChI is InChI=1S/C21H19N5O3S/c1-3-17-24-25-19-20(23-15-6-4-5-7-16(15)26(17)19)30-12-18(27)22-14-10-8-13(9-11-14)21(28)29-2/h4-11H,3,12H2,1-2H3,(H,22,27). The number of hydrogen-bond acceptors (Lipinski definition) is 7. The lowest BCUT2D eigenvalue weighted by molar-refractivity contribution is -0.113. The third-order valence-corrected chi connectivity index (χ3v) is 5.47. The zero-order valence-corrected chi connectivity index (χ0v) is 17.3. The number of aromatic nitrogens is 4. The summed E-state index contributed by atoms with van der Waals surface area (Å²) in [5.74, 6) is 0.401. The van der Waals surface area contributed by atoms with E-state index >= 15 is 0 Å². The van der Waals surface area contributed by atoms with E-state index in [2.05, 4.69) is 25.2 Å². The number of nitrogens with zero attached hydrogens (tertiary/aromatic N) is 4. The molecule has 0 bridgehead atoms. The van der Waals surface area contributed by atoms with E-state index in [1.807, 2.05) is 35.6 Å². The van der Waals surface area contributed by atoms with Crippen molar-refractivity contribution < 1.29 is 14.3 Å². The lowest BCUT2D eigenvalue weighted by Crippen LogP contribution is -2.14. The second-order valence-electron chi connectivity index (χ2n) is 6.44. The molecule has 0 aliphatic heterocycles. The van der Waals surface area contributed by atoms with E-state index < -0.39 is 5.97 Å². The van der Waals surface area contributed by atoms with Gasteiger partial charge in [0.25, 0.3) is 0 Å². The predicted molar refractivity (Wildman–Crippen MR) is 115 cm³/mol. The molecule has 4 rings (SSSR count). The van der Waals surface area contributed by atoms with E-state index in [1.54, 1.807) is 24.3 Å². The first kappa shape index (κ1) is 19.8. The molecule has 0 atom stereocenters. The monoisotopic (exact) mass is 421 g/mol. The number of esters is 1. The Morgan fingerprint density at radius 3 is 2.60 bits per heavy atom. The molecule has 2 aromatic heterocycles. The van der Waals surface area contributed by atoms with Gasteiger partial charge in [0.05, 0.1) is 29.5 Å². The zero-order chi connectivity index (χ0) is 21.1. The van der Waals surface area contributed by atoms with Crippen LogP contribution in [0.4, 0.5) is 5.69 Å². The van der Waals surface area contributed by atoms with E-state index in [9.17, 15) is 9.59 Å². The Kier molecular flexibility index (Phi) is 5.62. The number of nitrogens with one attached hydrogen (secondary N) is 1. The maximum atomic E-state index is 12.4. The van der Waals surface area contributed by atoms with Gasteiger partial charge in [-0.1, -0.05) is 30.8 Å². The van der Waals surface area contributed by atoms with Crippen molar-refractivity contribution in [1.82, 2.24) is 19.6 Å². The van der Waals surface area contributed by atoms with Gasteiger partial charge in [0.2, 0.25) is 5.91 Å². The van der Waals surface area contributed by atoms with Crippen LogP contribution in [-0.2, 0) is 16.0 Å². The molecular weight excluding hydrogens is 402 g/mol. The Balaban J connectivity index is 1.52. The third kappa shape index (κ3) is 3.84. The summed E-state index contributed by atoms with van der Waals surface area (Å²) in [6.45, 7) is 2.03. The molecular formula is C21H19N5O3S. The van der Waals surface area contributed by atoms with Crippen molar-refractivity contribution >= 4 is 46.0 Å². The number of hydrogen-bond donors (Lipinski definition) is 1. The number of ether oxygens (including phenoxy) is 1. The Morgan fingerprint density at radius 2 is 1.87 bits per heavy atom. The quantitative estimate of drug-likeness (QED) is 0.376. The van der Waals surface area contributed by atoms with Gasteiger partial charge in [0.15, 0.2) is 5.65 Å². The largest absolute Gasteiger partial charge is 0.465 e. The SMILES string of the molecule is CCc1nnc2c(SCC(=O)Nc3ccc(C(=O)OC)cc3)nc3ccccc3n12. The van der Waals surface area contributed by atoms with Gasteiger partial charge < -0.3 is 10.1 Å². The van der Waals surface area contributed by atoms with Gasteiger partial charge in [-0.15, -0.1) is 10.2 Å². The van der Waals surface area contributed by atoms with Gasteiger partial charge in [-0.05, 0) is 36.4 Å². The first-order valence-corrected chi connectivity index (χ1v) is 10.3. The van der Waals surface area contributed by atoms with Crippen LogP contribution in [-0.4, -0.2) is 44.3 Å². The molecule has 0 aliphatic rings. The first-order chi connectivity index (χ1) is 14.6. The summed E-state index contributed by atoms with van der Waals surface area (Å²) in [4.78, 5) is 28.6. The minimum absolute atomic E-state index is 0.161. The third-order valence-electron chi connectivity index (χ3n) is 4.51. The highest BCUT2D eigenvalue weighted by Crippen LogP contribution is 2.26. The molecule has 1 N–H and O–H groups in total. The number of aryl methyl sites for hydroxylation is 1. The average molecular weight is 421 g/mol. The molecule has 30 heavy (non-hydrogen) atoms. The number of benzene rings is 2. The lowest BCUT2D eigenvalue weighted by Gasteiger charge is -2.08. The second-order valence-corrected chi connectivity index (χ2v) is 7.40. The molecule has 0 aliphatic carbocycles. The lowest BCUT2D eigenvalue weighted by atomic mass is 10.2. The average Bonchev–Trinajstić information content (AvgIpc) is 3.22. The van der Waals surface area contributed by atoms with Crippen LogP contribution in [0.3, 0.4) is 0 Å². The van der Waals surface area contributed by atoms with E-state index in [4.69, 9.17) is 0 Å². The molecule has 0 unspecified atom stereocenters. The molecule has 4 aromatic rings. The number of amides is 1. The number of thioether (sulfide) groups is 1. The molecule has 152 valence electrons. The van der Waals surface area contributed by atoms with Crippen molar-refractivity contribution in [3.8, 4) is 0 Å². The number of methoxy groups -OCH3 is 1. The van der Waals surface area contributed by atoms with E-state index in [0.29, 0.717) is 21.9 Å². The summed E-state index contributed by atoms with van der Waals surface area (Å²) in [6.07, 6.45) is 0.737. The molecule has 2 aromatic carbocycles. The normalized spacial score (nSPS) is 11.0. The van der Waals surface area contributed by atoms with Crippen LogP contribution in [0.1, 0.15) is 23.1 Å². The summed E-state index contributed by atoms with van der Waals surface area (Å²) < 4.78 is 6.66. The number of anilines is 1. The van der Waals surface area contributed by atoms with Crippen LogP contribution in [0.2, 0.25) is 0 Å². The number of para-hydroxylation sites is 2. The van der Waals surface area contributed by atoms with Gasteiger partial charge in [-0.3, -0.25) is 9.20 Å². The molecule has 0 saturated heterocycles. The fourth-order valence-corrected chi connectivity index (χ4v) is 3.84. The zero-order valence-electron chi connectivity index (χ0n) is 16.5. The smallest absolute Gasteiger partial charge is 0.337 e. The van der Waals surface area contributed by atoms with Crippen LogP contribution in [0.25, 0.3) is 16.7 Å². The maximum Gasteiger partial charge on any atom is 0.337 e. The molecule has 9 heteroatoms. The molecule has 1 amide bonds. The molecule has 0 fully saturated rings. The topological polar surface area (TPSA) is 98.5 Å². The van der Waals surface area contributed by atoms with Gasteiger partial charge in [-0.25, -0.2) is 9.78 Å². The highest BCUT2D eigenvalue weighted by molar-refractivity contribution is 8.00. The molecule has 8 nitrogen and oxygen atoms in total. The summed E-state index contributed by atoms with van der Waals surface area (Å²) in [5, 5.41) is 12.0. The van der Waals surface area contributed by atoms with Crippen molar-refractivity contribution in [2.75, 3.05) is 18.2 Å². The van der Waals surface area contributed by atoms with E-state index in [1.165, 1.54) is 18.9 Å². The van der Waals surface area contributed by atoms with Crippen molar-refractivity contribution in [1.29, 1.82) is 0 Å². The number of carbonyl (C=O) groups excluding carboxylic acids is 2. The number of carbonyl (C=O) groups is 2. The fourth-order valence-electron chi connectivity index (χ4n) is 3.08. The minimum Gasteiger partial charge on any atom is -0.465 e. The minimum atomic E-state index is -0.422. The van der Waals surface area contributed by atoms with Crippen molar-refractivity contribution in [2.45, 2.75) is 18.4 Å². The molecule has 2 heterocycles. The van der Waals surface area contributed by atoms with E-state index in [-0.39, 0.29) is 11.7 Å². The van der Waals surface area contributed by atoms with Crippen LogP contribution in [0.15, 0.2) is 53.6 Å².